The first kappa shape index (κ1) is 14.6. The number of nitrogens with zero attached hydrogens (tertiary/aromatic N) is 1. The van der Waals surface area contributed by atoms with Crippen LogP contribution in [0.25, 0.3) is 0 Å². The summed E-state index contributed by atoms with van der Waals surface area (Å²) >= 11 is 0. The topological polar surface area (TPSA) is 22.1 Å². The lowest BCUT2D eigenvalue weighted by atomic mass is 9.81. The zero-order valence-electron chi connectivity index (χ0n) is 10.1. The van der Waals surface area contributed by atoms with Crippen molar-refractivity contribution in [2.45, 2.75) is 25.7 Å². The molecular formula is C12H16BF3NO-. The predicted molar refractivity (Wildman–Crippen MR) is 67.1 cm³/mol. The van der Waals surface area contributed by atoms with Crippen molar-refractivity contribution in [1.82, 2.24) is 4.98 Å². The van der Waals surface area contributed by atoms with Gasteiger partial charge in [0.25, 0.3) is 0 Å². The van der Waals surface area contributed by atoms with Gasteiger partial charge in [0.05, 0.1) is 12.8 Å². The summed E-state index contributed by atoms with van der Waals surface area (Å²) in [6, 6.07) is 0.997. The van der Waals surface area contributed by atoms with E-state index in [-0.39, 0.29) is 5.75 Å². The van der Waals surface area contributed by atoms with Gasteiger partial charge in [-0.05, 0) is 31.7 Å². The van der Waals surface area contributed by atoms with Gasteiger partial charge >= 0.3 is 6.98 Å². The molecule has 0 bridgehead atoms. The second-order valence-electron chi connectivity index (χ2n) is 4.02. The van der Waals surface area contributed by atoms with Gasteiger partial charge in [-0.1, -0.05) is 11.5 Å². The molecule has 0 saturated carbocycles. The molecule has 1 aromatic rings. The predicted octanol–water partition coefficient (Wildman–Crippen LogP) is 3.26. The van der Waals surface area contributed by atoms with Gasteiger partial charge in [-0.15, -0.1) is 6.58 Å². The zero-order chi connectivity index (χ0) is 13.4. The van der Waals surface area contributed by atoms with Crippen LogP contribution in [0.2, 0.25) is 0 Å². The van der Waals surface area contributed by atoms with Crippen molar-refractivity contribution in [1.29, 1.82) is 0 Å². The van der Waals surface area contributed by atoms with Gasteiger partial charge < -0.3 is 17.7 Å². The molecule has 0 aliphatic carbocycles. The number of allylic oxidation sites excluding steroid dienone is 1. The van der Waals surface area contributed by atoms with Gasteiger partial charge in [0, 0.05) is 6.20 Å². The summed E-state index contributed by atoms with van der Waals surface area (Å²) in [5.74, 6) is 0.176. The molecule has 0 amide bonds. The molecule has 0 atom stereocenters. The molecule has 2 nitrogen and oxygen atoms in total. The summed E-state index contributed by atoms with van der Waals surface area (Å²) in [5, 5.41) is 0. The molecule has 0 fully saturated rings. The van der Waals surface area contributed by atoms with Crippen LogP contribution in [-0.2, 0) is 0 Å². The minimum atomic E-state index is -5.01. The van der Waals surface area contributed by atoms with Crippen molar-refractivity contribution in [3.05, 3.63) is 31.1 Å². The summed E-state index contributed by atoms with van der Waals surface area (Å²) in [6.07, 6.45) is 7.73. The highest BCUT2D eigenvalue weighted by Gasteiger charge is 2.26. The lowest BCUT2D eigenvalue weighted by Crippen LogP contribution is -2.34. The molecule has 1 aromatic heterocycles. The lowest BCUT2D eigenvalue weighted by Gasteiger charge is -2.15. The molecule has 18 heavy (non-hydrogen) atoms. The van der Waals surface area contributed by atoms with Crippen molar-refractivity contribution in [3.63, 3.8) is 0 Å². The Morgan fingerprint density at radius 2 is 2.00 bits per heavy atom. The molecule has 1 rings (SSSR count). The Hall–Kier alpha value is -1.46. The van der Waals surface area contributed by atoms with Crippen molar-refractivity contribution in [3.8, 4) is 5.75 Å². The summed E-state index contributed by atoms with van der Waals surface area (Å²) in [7, 11) is 0. The van der Waals surface area contributed by atoms with E-state index in [1.54, 1.807) is 0 Å². The van der Waals surface area contributed by atoms with Gasteiger partial charge in [-0.3, -0.25) is 4.98 Å². The number of halogens is 3. The van der Waals surface area contributed by atoms with Gasteiger partial charge in [-0.2, -0.15) is 0 Å². The van der Waals surface area contributed by atoms with Gasteiger partial charge in [0.15, 0.2) is 0 Å². The molecule has 6 heteroatoms. The number of rotatable bonds is 8. The Morgan fingerprint density at radius 1 is 1.22 bits per heavy atom. The maximum atomic E-state index is 12.5. The molecule has 0 N–H and O–H groups in total. The molecule has 100 valence electrons. The van der Waals surface area contributed by atoms with Crippen LogP contribution in [-0.4, -0.2) is 18.6 Å². The Kier molecular flexibility index (Phi) is 5.75. The highest BCUT2D eigenvalue weighted by Crippen LogP contribution is 2.13. The molecule has 0 radical (unpaired) electrons. The van der Waals surface area contributed by atoms with E-state index in [9.17, 15) is 12.9 Å². The third-order valence-corrected chi connectivity index (χ3v) is 2.43. The van der Waals surface area contributed by atoms with E-state index in [1.807, 2.05) is 6.08 Å². The standard InChI is InChI=1S/C12H16BF3NO/c1-2-3-4-5-6-7-18-12-8-11(9-17-10-12)13(14,15)16/h2,8-10H,1,3-7H2/q-1. The number of unbranched alkanes of at least 4 members (excludes halogenated alkanes) is 3. The van der Waals surface area contributed by atoms with Crippen molar-refractivity contribution >= 4 is 12.4 Å². The van der Waals surface area contributed by atoms with Crippen molar-refractivity contribution < 1.29 is 17.7 Å². The fraction of sp³-hybridized carbons (Fsp3) is 0.417. The van der Waals surface area contributed by atoms with E-state index < -0.39 is 12.4 Å². The van der Waals surface area contributed by atoms with Crippen LogP contribution >= 0.6 is 0 Å². The van der Waals surface area contributed by atoms with Gasteiger partial charge in [0.2, 0.25) is 0 Å². The SMILES string of the molecule is C=CCCCCCOc1cncc([B-](F)(F)F)c1. The number of hydrogen-bond acceptors (Lipinski definition) is 2. The molecule has 0 aromatic carbocycles. The van der Waals surface area contributed by atoms with Crippen LogP contribution in [0, 0.1) is 0 Å². The first-order valence-electron chi connectivity index (χ1n) is 5.92. The first-order chi connectivity index (χ1) is 8.54. The maximum Gasteiger partial charge on any atom is 0.511 e. The maximum absolute atomic E-state index is 12.5. The molecule has 1 heterocycles. The number of ether oxygens (including phenoxy) is 1. The summed E-state index contributed by atoms with van der Waals surface area (Å²) in [4.78, 5) is 3.54. The quantitative estimate of drug-likeness (QED) is 0.405. The molecule has 0 aliphatic heterocycles. The van der Waals surface area contributed by atoms with Crippen LogP contribution in [0.3, 0.4) is 0 Å². The van der Waals surface area contributed by atoms with Crippen LogP contribution < -0.4 is 10.2 Å². The van der Waals surface area contributed by atoms with E-state index in [1.165, 1.54) is 6.20 Å². The third-order valence-electron chi connectivity index (χ3n) is 2.43. The minimum absolute atomic E-state index is 0.176. The van der Waals surface area contributed by atoms with E-state index in [4.69, 9.17) is 4.74 Å². The largest absolute Gasteiger partial charge is 0.511 e. The van der Waals surface area contributed by atoms with E-state index in [0.29, 0.717) is 6.61 Å². The first-order valence-corrected chi connectivity index (χ1v) is 5.92. The Balaban J connectivity index is 2.36. The van der Waals surface area contributed by atoms with Crippen LogP contribution in [0.1, 0.15) is 25.7 Å². The van der Waals surface area contributed by atoms with E-state index in [2.05, 4.69) is 11.6 Å². The van der Waals surface area contributed by atoms with Crippen LogP contribution in [0.5, 0.6) is 5.75 Å². The molecular weight excluding hydrogens is 242 g/mol. The van der Waals surface area contributed by atoms with E-state index in [0.717, 1.165) is 37.9 Å². The average molecular weight is 258 g/mol. The monoisotopic (exact) mass is 258 g/mol. The van der Waals surface area contributed by atoms with Crippen molar-refractivity contribution in [2.75, 3.05) is 6.61 Å². The van der Waals surface area contributed by atoms with Crippen LogP contribution in [0.15, 0.2) is 31.1 Å². The number of aromatic nitrogens is 1. The Labute approximate surface area is 105 Å². The summed E-state index contributed by atoms with van der Waals surface area (Å²) < 4.78 is 42.6. The second kappa shape index (κ2) is 7.08. The van der Waals surface area contributed by atoms with Gasteiger partial charge in [-0.25, -0.2) is 0 Å². The highest BCUT2D eigenvalue weighted by atomic mass is 19.4. The lowest BCUT2D eigenvalue weighted by molar-refractivity contribution is 0.304. The molecule has 0 unspecified atom stereocenters. The van der Waals surface area contributed by atoms with E-state index >= 15 is 0 Å². The Bertz CT molecular complexity index is 382. The molecule has 0 aliphatic rings. The second-order valence-corrected chi connectivity index (χ2v) is 4.02. The highest BCUT2D eigenvalue weighted by molar-refractivity contribution is 6.73. The van der Waals surface area contributed by atoms with Crippen molar-refractivity contribution in [2.24, 2.45) is 0 Å². The Morgan fingerprint density at radius 3 is 2.67 bits per heavy atom. The van der Waals surface area contributed by atoms with Gasteiger partial charge in [0.1, 0.15) is 5.75 Å². The minimum Gasteiger partial charge on any atom is -0.492 e. The summed E-state index contributed by atoms with van der Waals surface area (Å²) in [5.41, 5.74) is -0.723. The third kappa shape index (κ3) is 5.25. The van der Waals surface area contributed by atoms with Crippen LogP contribution in [0.4, 0.5) is 12.9 Å². The average Bonchev–Trinajstić information content (AvgIpc) is 2.33. The number of pyridine rings is 1. The normalized spacial score (nSPS) is 11.3. The fourth-order valence-electron chi connectivity index (χ4n) is 1.45. The molecule has 0 saturated heterocycles. The smallest absolute Gasteiger partial charge is 0.492 e. The fourth-order valence-corrected chi connectivity index (χ4v) is 1.45. The summed E-state index contributed by atoms with van der Waals surface area (Å²) in [6.45, 7) is -0.986. The number of hydrogen-bond donors (Lipinski definition) is 0. The molecule has 0 spiro atoms. The zero-order valence-corrected chi connectivity index (χ0v) is 10.1.